The number of halogens is 1. The van der Waals surface area contributed by atoms with E-state index < -0.39 is 11.6 Å². The van der Waals surface area contributed by atoms with Crippen LogP contribution in [0.1, 0.15) is 23.2 Å². The van der Waals surface area contributed by atoms with Crippen molar-refractivity contribution in [2.45, 2.75) is 18.5 Å². The summed E-state index contributed by atoms with van der Waals surface area (Å²) in [7, 11) is 1.47. The van der Waals surface area contributed by atoms with Gasteiger partial charge in [0.15, 0.2) is 11.4 Å². The zero-order valence-corrected chi connectivity index (χ0v) is 20.1. The van der Waals surface area contributed by atoms with Gasteiger partial charge in [-0.3, -0.25) is 9.59 Å². The maximum atomic E-state index is 14.0. The largest absolute Gasteiger partial charge is 0.496 e. The Bertz CT molecular complexity index is 1520. The summed E-state index contributed by atoms with van der Waals surface area (Å²) in [4.78, 5) is 24.4. The average Bonchev–Trinajstić information content (AvgIpc) is 3.55. The monoisotopic (exact) mass is 500 g/mol. The molecule has 0 radical (unpaired) electrons. The van der Waals surface area contributed by atoms with Gasteiger partial charge in [-0.25, -0.2) is 4.39 Å². The van der Waals surface area contributed by atoms with Crippen LogP contribution in [0.3, 0.4) is 0 Å². The number of nitrogen functional groups attached to an aromatic ring is 1. The molecule has 0 unspecified atom stereocenters. The highest BCUT2D eigenvalue weighted by Gasteiger charge is 2.43. The summed E-state index contributed by atoms with van der Waals surface area (Å²) in [6.07, 6.45) is 2.11. The van der Waals surface area contributed by atoms with Crippen molar-refractivity contribution < 1.29 is 23.2 Å². The van der Waals surface area contributed by atoms with E-state index in [0.29, 0.717) is 40.8 Å². The Morgan fingerprint density at radius 2 is 1.89 bits per heavy atom. The van der Waals surface area contributed by atoms with E-state index in [1.54, 1.807) is 36.4 Å². The molecule has 1 aliphatic rings. The van der Waals surface area contributed by atoms with Crippen LogP contribution < -0.4 is 21.1 Å². The average molecular weight is 501 g/mol. The number of nitrogens with zero attached hydrogens (tertiary/aromatic N) is 1. The van der Waals surface area contributed by atoms with E-state index >= 15 is 0 Å². The van der Waals surface area contributed by atoms with Crippen LogP contribution in [0.5, 0.6) is 5.75 Å². The van der Waals surface area contributed by atoms with Gasteiger partial charge in [0.25, 0.3) is 5.91 Å². The number of methoxy groups -OCH3 is 1. The van der Waals surface area contributed by atoms with Gasteiger partial charge in [0, 0.05) is 11.3 Å². The number of anilines is 2. The van der Waals surface area contributed by atoms with Gasteiger partial charge in [0.05, 0.1) is 24.6 Å². The van der Waals surface area contributed by atoms with Gasteiger partial charge in [0.2, 0.25) is 5.91 Å². The van der Waals surface area contributed by atoms with Crippen LogP contribution in [0.4, 0.5) is 15.9 Å². The van der Waals surface area contributed by atoms with Crippen molar-refractivity contribution >= 4 is 34.3 Å². The minimum atomic E-state index is -1.30. The Labute approximate surface area is 212 Å². The summed E-state index contributed by atoms with van der Waals surface area (Å²) in [5.41, 5.74) is 9.46. The van der Waals surface area contributed by atoms with E-state index in [2.05, 4.69) is 22.4 Å². The lowest BCUT2D eigenvalue weighted by atomic mass is 9.91. The molecule has 1 heterocycles. The van der Waals surface area contributed by atoms with Gasteiger partial charge in [-0.15, -0.1) is 0 Å². The molecule has 1 saturated carbocycles. The smallest absolute Gasteiger partial charge is 0.255 e. The lowest BCUT2D eigenvalue weighted by Gasteiger charge is -2.15. The Morgan fingerprint density at radius 3 is 2.57 bits per heavy atom. The third-order valence-electron chi connectivity index (χ3n) is 6.41. The van der Waals surface area contributed by atoms with Crippen molar-refractivity contribution in [3.05, 3.63) is 72.8 Å². The number of carbonyl (C=O) groups excluding carboxylic acids is 2. The zero-order valence-electron chi connectivity index (χ0n) is 20.1. The minimum absolute atomic E-state index is 0.0271. The molecule has 4 aromatic rings. The molecule has 5 rings (SSSR count). The molecule has 188 valence electrons. The summed E-state index contributed by atoms with van der Waals surface area (Å²) in [5, 5.41) is 9.93. The number of carbonyl (C=O) groups is 2. The molecule has 37 heavy (non-hydrogen) atoms. The third kappa shape index (κ3) is 4.75. The number of nitrogens with two attached hydrogens (primary N) is 1. The van der Waals surface area contributed by atoms with E-state index in [4.69, 9.17) is 15.0 Å². The Kier molecular flexibility index (Phi) is 6.12. The number of rotatable bonds is 8. The van der Waals surface area contributed by atoms with E-state index in [-0.39, 0.29) is 18.3 Å². The number of ether oxygens (including phenoxy) is 1. The first kappa shape index (κ1) is 24.1. The van der Waals surface area contributed by atoms with E-state index in [0.717, 1.165) is 22.3 Å². The standard InChI is InChI=1S/C28H25FN4O4/c1-3-23(34)32-18-7-4-16(5-8-18)19-10-11-21-25(26(30)33-37-21)24(19)17-6-9-20(22(14-17)36-2)27(35)31-15-28(29)12-13-28/h3-11,14H,1,12-13,15H2,2H3,(H2,30,33)(H,31,35)(H,32,34). The Balaban J connectivity index is 1.57. The number of amides is 2. The SMILES string of the molecule is C=CC(=O)Nc1ccc(-c2ccc3onc(N)c3c2-c2ccc(C(=O)NCC3(F)CC3)c(OC)c2)cc1. The molecule has 2 amide bonds. The van der Waals surface area contributed by atoms with Crippen LogP contribution in [0.15, 0.2) is 71.8 Å². The summed E-state index contributed by atoms with van der Waals surface area (Å²) < 4.78 is 25.0. The van der Waals surface area contributed by atoms with Crippen molar-refractivity contribution in [1.29, 1.82) is 0 Å². The fraction of sp³-hybridized carbons (Fsp3) is 0.179. The van der Waals surface area contributed by atoms with Crippen molar-refractivity contribution in [3.63, 3.8) is 0 Å². The second kappa shape index (κ2) is 9.42. The molecule has 0 spiro atoms. The zero-order chi connectivity index (χ0) is 26.2. The molecule has 4 N–H and O–H groups in total. The molecule has 0 atom stereocenters. The molecule has 1 fully saturated rings. The highest BCUT2D eigenvalue weighted by molar-refractivity contribution is 6.08. The maximum absolute atomic E-state index is 14.0. The van der Waals surface area contributed by atoms with Crippen molar-refractivity contribution in [1.82, 2.24) is 10.5 Å². The molecule has 1 aliphatic carbocycles. The normalized spacial score (nSPS) is 13.7. The molecule has 8 nitrogen and oxygen atoms in total. The van der Waals surface area contributed by atoms with E-state index in [1.807, 2.05) is 18.2 Å². The minimum Gasteiger partial charge on any atom is -0.496 e. The third-order valence-corrected chi connectivity index (χ3v) is 6.41. The molecular weight excluding hydrogens is 475 g/mol. The molecule has 3 aromatic carbocycles. The molecule has 1 aromatic heterocycles. The van der Waals surface area contributed by atoms with Crippen LogP contribution >= 0.6 is 0 Å². The first-order valence-electron chi connectivity index (χ1n) is 11.7. The van der Waals surface area contributed by atoms with Gasteiger partial charge in [0.1, 0.15) is 11.4 Å². The predicted octanol–water partition coefficient (Wildman–Crippen LogP) is 5.11. The lowest BCUT2D eigenvalue weighted by Crippen LogP contribution is -2.31. The van der Waals surface area contributed by atoms with E-state index in [9.17, 15) is 14.0 Å². The Morgan fingerprint density at radius 1 is 1.16 bits per heavy atom. The topological polar surface area (TPSA) is 119 Å². The van der Waals surface area contributed by atoms with Gasteiger partial charge in [-0.2, -0.15) is 0 Å². The van der Waals surface area contributed by atoms with Crippen molar-refractivity contribution in [2.75, 3.05) is 24.7 Å². The number of benzene rings is 3. The number of nitrogens with one attached hydrogen (secondary N) is 2. The first-order valence-corrected chi connectivity index (χ1v) is 11.7. The van der Waals surface area contributed by atoms with Crippen LogP contribution in [-0.2, 0) is 4.79 Å². The number of aromatic nitrogens is 1. The number of hydrogen-bond acceptors (Lipinski definition) is 6. The first-order chi connectivity index (χ1) is 17.8. The van der Waals surface area contributed by atoms with E-state index in [1.165, 1.54) is 13.2 Å². The van der Waals surface area contributed by atoms with Crippen LogP contribution in [0.25, 0.3) is 33.2 Å². The van der Waals surface area contributed by atoms with Crippen molar-refractivity contribution in [3.8, 4) is 28.0 Å². The Hall–Kier alpha value is -4.66. The summed E-state index contributed by atoms with van der Waals surface area (Å²) in [5.74, 6) is -0.158. The fourth-order valence-electron chi connectivity index (χ4n) is 4.21. The number of alkyl halides is 1. The number of fused-ring (bicyclic) bond motifs is 1. The highest BCUT2D eigenvalue weighted by atomic mass is 19.1. The van der Waals surface area contributed by atoms with Gasteiger partial charge in [-0.05, 0) is 72.0 Å². The second-order valence-corrected chi connectivity index (χ2v) is 8.95. The van der Waals surface area contributed by atoms with Crippen LogP contribution in [-0.4, -0.2) is 36.3 Å². The van der Waals surface area contributed by atoms with Gasteiger partial charge in [-0.1, -0.05) is 29.9 Å². The molecule has 0 bridgehead atoms. The van der Waals surface area contributed by atoms with Crippen LogP contribution in [0.2, 0.25) is 0 Å². The van der Waals surface area contributed by atoms with Crippen molar-refractivity contribution in [2.24, 2.45) is 0 Å². The molecular formula is C28H25FN4O4. The lowest BCUT2D eigenvalue weighted by molar-refractivity contribution is -0.111. The quantitative estimate of drug-likeness (QED) is 0.289. The highest BCUT2D eigenvalue weighted by Crippen LogP contribution is 2.42. The summed E-state index contributed by atoms with van der Waals surface area (Å²) >= 11 is 0. The van der Waals surface area contributed by atoms with Gasteiger partial charge < -0.3 is 25.6 Å². The number of hydrogen-bond donors (Lipinski definition) is 3. The molecule has 0 aliphatic heterocycles. The summed E-state index contributed by atoms with van der Waals surface area (Å²) in [6, 6.07) is 16.1. The van der Waals surface area contributed by atoms with Gasteiger partial charge >= 0.3 is 0 Å². The molecule has 9 heteroatoms. The second-order valence-electron chi connectivity index (χ2n) is 8.95. The fourth-order valence-corrected chi connectivity index (χ4v) is 4.21. The molecule has 0 saturated heterocycles. The van der Waals surface area contributed by atoms with Crippen LogP contribution in [0, 0.1) is 0 Å². The predicted molar refractivity (Wildman–Crippen MR) is 140 cm³/mol. The summed E-state index contributed by atoms with van der Waals surface area (Å²) in [6.45, 7) is 3.44. The maximum Gasteiger partial charge on any atom is 0.255 e.